The van der Waals surface area contributed by atoms with Gasteiger partial charge in [0.15, 0.2) is 0 Å². The van der Waals surface area contributed by atoms with Gasteiger partial charge in [-0.15, -0.1) is 5.10 Å². The highest BCUT2D eigenvalue weighted by Gasteiger charge is 2.24. The van der Waals surface area contributed by atoms with Crippen molar-refractivity contribution < 1.29 is 9.90 Å². The summed E-state index contributed by atoms with van der Waals surface area (Å²) in [5.41, 5.74) is -1.45. The van der Waals surface area contributed by atoms with Crippen molar-refractivity contribution in [3.8, 4) is 0 Å². The predicted molar refractivity (Wildman–Crippen MR) is 43.7 cm³/mol. The van der Waals surface area contributed by atoms with Gasteiger partial charge in [0, 0.05) is 0 Å². The average Bonchev–Trinajstić information content (AvgIpc) is 2.33. The Bertz CT molecular complexity index is 313. The number of nitrogens with zero attached hydrogens (tertiary/aromatic N) is 4. The number of tetrazole rings is 1. The molecule has 1 aromatic rings. The summed E-state index contributed by atoms with van der Waals surface area (Å²) in [7, 11) is 1.58. The van der Waals surface area contributed by atoms with E-state index in [0.29, 0.717) is 0 Å². The molecule has 0 unspecified atom stereocenters. The first kappa shape index (κ1) is 9.59. The zero-order valence-electron chi connectivity index (χ0n) is 7.64. The van der Waals surface area contributed by atoms with E-state index in [9.17, 15) is 9.90 Å². The summed E-state index contributed by atoms with van der Waals surface area (Å²) in [6.07, 6.45) is 0. The number of amides is 1. The number of aromatic nitrogens is 4. The summed E-state index contributed by atoms with van der Waals surface area (Å²) in [5, 5.41) is 22.3. The van der Waals surface area contributed by atoms with Crippen LogP contribution < -0.4 is 5.32 Å². The van der Waals surface area contributed by atoms with Crippen LogP contribution in [-0.4, -0.2) is 36.8 Å². The molecule has 0 saturated carbocycles. The van der Waals surface area contributed by atoms with Gasteiger partial charge >= 0.3 is 0 Å². The predicted octanol–water partition coefficient (Wildman–Crippen LogP) is -1.08. The quantitative estimate of drug-likeness (QED) is 0.611. The summed E-state index contributed by atoms with van der Waals surface area (Å²) in [5.74, 6) is -0.491. The van der Waals surface area contributed by atoms with Crippen LogP contribution in [0.3, 0.4) is 0 Å². The minimum atomic E-state index is -1.45. The minimum Gasteiger partial charge on any atom is -0.381 e. The molecule has 0 bridgehead atoms. The summed E-state index contributed by atoms with van der Waals surface area (Å²) >= 11 is 0. The maximum absolute atomic E-state index is 11.2. The molecule has 1 amide bonds. The average molecular weight is 185 g/mol. The SMILES string of the molecule is Cn1nnc(NC(=O)C(C)(C)O)n1. The van der Waals surface area contributed by atoms with Crippen molar-refractivity contribution in [3.63, 3.8) is 0 Å². The molecule has 0 aliphatic rings. The van der Waals surface area contributed by atoms with E-state index in [-0.39, 0.29) is 5.95 Å². The maximum atomic E-state index is 11.2. The van der Waals surface area contributed by atoms with E-state index < -0.39 is 11.5 Å². The lowest BCUT2D eigenvalue weighted by molar-refractivity contribution is -0.130. The second-order valence-electron chi connectivity index (χ2n) is 3.12. The van der Waals surface area contributed by atoms with Crippen LogP contribution in [0.2, 0.25) is 0 Å². The molecular formula is C6H11N5O2. The number of aliphatic hydroxyl groups is 1. The molecule has 2 N–H and O–H groups in total. The molecule has 0 aliphatic carbocycles. The van der Waals surface area contributed by atoms with Gasteiger partial charge in [-0.2, -0.15) is 4.80 Å². The number of carbonyl (C=O) groups excluding carboxylic acids is 1. The normalized spacial score (nSPS) is 11.4. The van der Waals surface area contributed by atoms with Gasteiger partial charge < -0.3 is 5.11 Å². The Kier molecular flexibility index (Phi) is 2.28. The number of hydrogen-bond donors (Lipinski definition) is 2. The summed E-state index contributed by atoms with van der Waals surface area (Å²) < 4.78 is 0. The Labute approximate surface area is 74.7 Å². The van der Waals surface area contributed by atoms with Crippen molar-refractivity contribution in [1.82, 2.24) is 20.2 Å². The second-order valence-corrected chi connectivity index (χ2v) is 3.12. The first-order valence-electron chi connectivity index (χ1n) is 3.67. The highest BCUT2D eigenvalue weighted by atomic mass is 16.3. The van der Waals surface area contributed by atoms with Crippen LogP contribution in [0.5, 0.6) is 0 Å². The molecule has 0 radical (unpaired) electrons. The highest BCUT2D eigenvalue weighted by molar-refractivity contribution is 5.94. The third-order valence-corrected chi connectivity index (χ3v) is 1.29. The molecule has 7 heteroatoms. The molecule has 0 atom stereocenters. The highest BCUT2D eigenvalue weighted by Crippen LogP contribution is 2.04. The molecule has 0 spiro atoms. The second kappa shape index (κ2) is 3.09. The minimum absolute atomic E-state index is 0.0784. The zero-order valence-corrected chi connectivity index (χ0v) is 7.64. The van der Waals surface area contributed by atoms with Gasteiger partial charge in [0.2, 0.25) is 0 Å². The van der Waals surface area contributed by atoms with Crippen LogP contribution in [0.15, 0.2) is 0 Å². The lowest BCUT2D eigenvalue weighted by atomic mass is 10.1. The first-order chi connectivity index (χ1) is 5.89. The number of carbonyl (C=O) groups is 1. The first-order valence-corrected chi connectivity index (χ1v) is 3.67. The van der Waals surface area contributed by atoms with Crippen LogP contribution >= 0.6 is 0 Å². The lowest BCUT2D eigenvalue weighted by Crippen LogP contribution is -2.37. The maximum Gasteiger partial charge on any atom is 0.270 e. The van der Waals surface area contributed by atoms with Crippen molar-refractivity contribution in [2.75, 3.05) is 5.32 Å². The number of anilines is 1. The standard InChI is InChI=1S/C6H11N5O2/c1-6(2,13)4(12)7-5-8-10-11(3)9-5/h13H,1-3H3,(H,7,9,12). The Hall–Kier alpha value is -1.50. The van der Waals surface area contributed by atoms with Crippen LogP contribution in [0.25, 0.3) is 0 Å². The fraction of sp³-hybridized carbons (Fsp3) is 0.667. The summed E-state index contributed by atoms with van der Waals surface area (Å²) in [6.45, 7) is 2.75. The van der Waals surface area contributed by atoms with Crippen molar-refractivity contribution in [1.29, 1.82) is 0 Å². The fourth-order valence-electron chi connectivity index (χ4n) is 0.589. The molecule has 1 aromatic heterocycles. The van der Waals surface area contributed by atoms with Gasteiger partial charge in [-0.1, -0.05) is 5.10 Å². The van der Waals surface area contributed by atoms with Crippen LogP contribution in [0.4, 0.5) is 5.95 Å². The van der Waals surface area contributed by atoms with Gasteiger partial charge in [0.05, 0.1) is 7.05 Å². The topological polar surface area (TPSA) is 92.9 Å². The molecule has 72 valence electrons. The number of hydrogen-bond acceptors (Lipinski definition) is 5. The Morgan fingerprint density at radius 3 is 2.62 bits per heavy atom. The van der Waals surface area contributed by atoms with Gasteiger partial charge in [-0.25, -0.2) is 0 Å². The fourth-order valence-corrected chi connectivity index (χ4v) is 0.589. The number of aryl methyl sites for hydroxylation is 1. The smallest absolute Gasteiger partial charge is 0.270 e. The molecule has 7 nitrogen and oxygen atoms in total. The van der Waals surface area contributed by atoms with Crippen molar-refractivity contribution >= 4 is 11.9 Å². The summed E-state index contributed by atoms with van der Waals surface area (Å²) in [6, 6.07) is 0. The molecule has 1 heterocycles. The van der Waals surface area contributed by atoms with Crippen LogP contribution in [0, 0.1) is 0 Å². The molecule has 0 aliphatic heterocycles. The van der Waals surface area contributed by atoms with Crippen LogP contribution in [-0.2, 0) is 11.8 Å². The van der Waals surface area contributed by atoms with E-state index in [2.05, 4.69) is 20.7 Å². The Balaban J connectivity index is 2.65. The molecule has 0 fully saturated rings. The molecule has 0 saturated heterocycles. The Morgan fingerprint density at radius 2 is 2.23 bits per heavy atom. The third kappa shape index (κ3) is 2.48. The van der Waals surface area contributed by atoms with Gasteiger partial charge in [0.1, 0.15) is 5.60 Å². The summed E-state index contributed by atoms with van der Waals surface area (Å²) in [4.78, 5) is 12.4. The monoisotopic (exact) mass is 185 g/mol. The van der Waals surface area contributed by atoms with Gasteiger partial charge in [0.25, 0.3) is 11.9 Å². The van der Waals surface area contributed by atoms with E-state index in [0.717, 1.165) is 0 Å². The molecule has 1 rings (SSSR count). The largest absolute Gasteiger partial charge is 0.381 e. The number of nitrogens with one attached hydrogen (secondary N) is 1. The van der Waals surface area contributed by atoms with Gasteiger partial charge in [-0.3, -0.25) is 10.1 Å². The van der Waals surface area contributed by atoms with E-state index in [4.69, 9.17) is 0 Å². The number of rotatable bonds is 2. The van der Waals surface area contributed by atoms with Crippen molar-refractivity contribution in [2.45, 2.75) is 19.4 Å². The van der Waals surface area contributed by atoms with E-state index in [1.54, 1.807) is 7.05 Å². The van der Waals surface area contributed by atoms with Crippen molar-refractivity contribution in [2.24, 2.45) is 7.05 Å². The zero-order chi connectivity index (χ0) is 10.1. The van der Waals surface area contributed by atoms with E-state index in [1.165, 1.54) is 18.6 Å². The Morgan fingerprint density at radius 1 is 1.62 bits per heavy atom. The van der Waals surface area contributed by atoms with Gasteiger partial charge in [-0.05, 0) is 19.1 Å². The van der Waals surface area contributed by atoms with Crippen molar-refractivity contribution in [3.05, 3.63) is 0 Å². The third-order valence-electron chi connectivity index (χ3n) is 1.29. The lowest BCUT2D eigenvalue weighted by Gasteiger charge is -2.14. The molecule has 13 heavy (non-hydrogen) atoms. The van der Waals surface area contributed by atoms with Crippen LogP contribution in [0.1, 0.15) is 13.8 Å². The van der Waals surface area contributed by atoms with E-state index >= 15 is 0 Å². The molecular weight excluding hydrogens is 174 g/mol. The van der Waals surface area contributed by atoms with E-state index in [1.807, 2.05) is 0 Å². The molecule has 0 aromatic carbocycles.